The summed E-state index contributed by atoms with van der Waals surface area (Å²) in [6.07, 6.45) is -1.05. The summed E-state index contributed by atoms with van der Waals surface area (Å²) >= 11 is 0. The predicted octanol–water partition coefficient (Wildman–Crippen LogP) is -2.18. The number of aliphatic hydroxyl groups is 3. The summed E-state index contributed by atoms with van der Waals surface area (Å²) in [5, 5.41) is 41.8. The van der Waals surface area contributed by atoms with E-state index in [1.165, 1.54) is 17.7 Å². The molecule has 3 rings (SSSR count). The molecule has 2 aromatic rings. The van der Waals surface area contributed by atoms with Crippen LogP contribution in [-0.4, -0.2) is 65.3 Å². The highest BCUT2D eigenvalue weighted by molar-refractivity contribution is 6.07. The molecule has 130 valence electrons. The maximum Gasteiger partial charge on any atom is 0.260 e. The maximum atomic E-state index is 12.1. The van der Waals surface area contributed by atoms with Crippen molar-refractivity contribution in [3.63, 3.8) is 0 Å². The van der Waals surface area contributed by atoms with E-state index in [9.17, 15) is 20.1 Å². The zero-order valence-electron chi connectivity index (χ0n) is 12.6. The van der Waals surface area contributed by atoms with Gasteiger partial charge in [0.05, 0.1) is 23.9 Å². The van der Waals surface area contributed by atoms with Gasteiger partial charge < -0.3 is 40.5 Å². The first kappa shape index (κ1) is 16.4. The number of hydrogen-bond donors (Lipinski definition) is 6. The summed E-state index contributed by atoms with van der Waals surface area (Å²) in [6.45, 7) is 0.828. The Morgan fingerprint density at radius 2 is 2.33 bits per heavy atom. The predicted molar refractivity (Wildman–Crippen MR) is 80.5 cm³/mol. The first-order chi connectivity index (χ1) is 11.3. The minimum Gasteiger partial charge on any atom is -0.409 e. The largest absolute Gasteiger partial charge is 0.409 e. The van der Waals surface area contributed by atoms with Gasteiger partial charge in [0, 0.05) is 6.20 Å². The number of nitrogens with one attached hydrogen (secondary N) is 1. The van der Waals surface area contributed by atoms with Crippen molar-refractivity contribution in [3.05, 3.63) is 28.4 Å². The molecule has 3 heterocycles. The van der Waals surface area contributed by atoms with Crippen molar-refractivity contribution in [3.8, 4) is 0 Å². The van der Waals surface area contributed by atoms with Crippen LogP contribution in [0, 0.1) is 0 Å². The standard InChI is InChI=1S/C13H17N5O6/c1-13(22)8(20)6(3-19)24-12(13)18-2-5(9(14)17-23)7-10(18)15-4-16-11(7)21/h2,4,6,8,12,19-20,22-23H,3H2,1H3,(H2,14,17)(H,15,16,21)/t6-,8-,12-,13-/m1/s1. The second kappa shape index (κ2) is 5.56. The fourth-order valence-electron chi connectivity index (χ4n) is 2.91. The third-order valence-electron chi connectivity index (χ3n) is 4.19. The van der Waals surface area contributed by atoms with E-state index in [1.807, 2.05) is 0 Å². The molecule has 1 aliphatic heterocycles. The normalized spacial score (nSPS) is 31.0. The Bertz CT molecular complexity index is 856. The van der Waals surface area contributed by atoms with Gasteiger partial charge >= 0.3 is 0 Å². The lowest BCUT2D eigenvalue weighted by atomic mass is 9.96. The molecule has 0 spiro atoms. The van der Waals surface area contributed by atoms with Crippen molar-refractivity contribution >= 4 is 16.9 Å². The van der Waals surface area contributed by atoms with Crippen molar-refractivity contribution in [1.29, 1.82) is 0 Å². The Morgan fingerprint density at radius 1 is 1.62 bits per heavy atom. The molecular formula is C13H17N5O6. The highest BCUT2D eigenvalue weighted by atomic mass is 16.6. The van der Waals surface area contributed by atoms with Gasteiger partial charge in [0.15, 0.2) is 12.1 Å². The van der Waals surface area contributed by atoms with E-state index in [0.29, 0.717) is 0 Å². The number of aromatic amines is 1. The average molecular weight is 339 g/mol. The first-order valence-corrected chi connectivity index (χ1v) is 7.05. The Hall–Kier alpha value is -2.47. The molecular weight excluding hydrogens is 322 g/mol. The van der Waals surface area contributed by atoms with Gasteiger partial charge in [-0.05, 0) is 6.92 Å². The molecule has 7 N–H and O–H groups in total. The molecule has 0 saturated carbocycles. The molecule has 11 nitrogen and oxygen atoms in total. The number of oxime groups is 1. The second-order valence-electron chi connectivity index (χ2n) is 5.75. The van der Waals surface area contributed by atoms with E-state index in [1.54, 1.807) is 0 Å². The van der Waals surface area contributed by atoms with Crippen LogP contribution in [0.15, 0.2) is 22.5 Å². The van der Waals surface area contributed by atoms with Crippen LogP contribution in [0.3, 0.4) is 0 Å². The SMILES string of the molecule is C[C@@]1(O)[C@H](O)[C@@H](CO)O[C@H]1n1cc(/C(N)=N\O)c2c(=O)[nH]cnc21. The molecule has 0 bridgehead atoms. The highest BCUT2D eigenvalue weighted by Gasteiger charge is 2.53. The summed E-state index contributed by atoms with van der Waals surface area (Å²) < 4.78 is 6.82. The smallest absolute Gasteiger partial charge is 0.260 e. The second-order valence-corrected chi connectivity index (χ2v) is 5.75. The fourth-order valence-corrected chi connectivity index (χ4v) is 2.91. The number of amidine groups is 1. The fraction of sp³-hybridized carbons (Fsp3) is 0.462. The van der Waals surface area contributed by atoms with Crippen LogP contribution < -0.4 is 11.3 Å². The van der Waals surface area contributed by atoms with E-state index in [-0.39, 0.29) is 22.4 Å². The van der Waals surface area contributed by atoms with Crippen LogP contribution in [-0.2, 0) is 4.74 Å². The minimum atomic E-state index is -1.77. The number of hydrogen-bond acceptors (Lipinski definition) is 8. The van der Waals surface area contributed by atoms with Crippen LogP contribution in [0.1, 0.15) is 18.7 Å². The Balaban J connectivity index is 2.25. The van der Waals surface area contributed by atoms with Gasteiger partial charge in [-0.15, -0.1) is 0 Å². The Morgan fingerprint density at radius 3 is 2.92 bits per heavy atom. The summed E-state index contributed by atoms with van der Waals surface area (Å²) in [5.74, 6) is -0.325. The number of nitrogens with two attached hydrogens (primary N) is 1. The summed E-state index contributed by atoms with van der Waals surface area (Å²) in [7, 11) is 0. The molecule has 0 unspecified atom stereocenters. The molecule has 0 aliphatic carbocycles. The van der Waals surface area contributed by atoms with Crippen molar-refractivity contribution < 1.29 is 25.3 Å². The first-order valence-electron chi connectivity index (χ1n) is 7.05. The van der Waals surface area contributed by atoms with E-state index < -0.39 is 36.2 Å². The lowest BCUT2D eigenvalue weighted by molar-refractivity contribution is -0.0948. The van der Waals surface area contributed by atoms with Gasteiger partial charge in [-0.2, -0.15) is 0 Å². The average Bonchev–Trinajstić information content (AvgIpc) is 3.04. The zero-order valence-corrected chi connectivity index (χ0v) is 12.6. The van der Waals surface area contributed by atoms with E-state index in [2.05, 4.69) is 15.1 Å². The van der Waals surface area contributed by atoms with Gasteiger partial charge in [0.2, 0.25) is 0 Å². The molecule has 4 atom stereocenters. The van der Waals surface area contributed by atoms with Gasteiger partial charge in [-0.3, -0.25) is 4.79 Å². The Kier molecular flexibility index (Phi) is 3.80. The molecule has 1 saturated heterocycles. The van der Waals surface area contributed by atoms with Crippen LogP contribution in [0.5, 0.6) is 0 Å². The molecule has 0 aromatic carbocycles. The zero-order chi connectivity index (χ0) is 17.6. The van der Waals surface area contributed by atoms with Crippen molar-refractivity contribution in [2.24, 2.45) is 10.9 Å². The van der Waals surface area contributed by atoms with Crippen LogP contribution in [0.2, 0.25) is 0 Å². The molecule has 24 heavy (non-hydrogen) atoms. The maximum absolute atomic E-state index is 12.1. The quantitative estimate of drug-likeness (QED) is 0.158. The van der Waals surface area contributed by atoms with E-state index in [4.69, 9.17) is 15.7 Å². The van der Waals surface area contributed by atoms with Gasteiger partial charge in [-0.25, -0.2) is 4.98 Å². The van der Waals surface area contributed by atoms with Crippen molar-refractivity contribution in [1.82, 2.24) is 14.5 Å². The molecule has 0 radical (unpaired) electrons. The van der Waals surface area contributed by atoms with Crippen molar-refractivity contribution in [2.45, 2.75) is 31.0 Å². The number of ether oxygens (including phenoxy) is 1. The lowest BCUT2D eigenvalue weighted by Crippen LogP contribution is -2.44. The van der Waals surface area contributed by atoms with Gasteiger partial charge in [-0.1, -0.05) is 5.16 Å². The van der Waals surface area contributed by atoms with Crippen LogP contribution in [0.25, 0.3) is 11.0 Å². The molecule has 0 amide bonds. The number of aliphatic hydroxyl groups excluding tert-OH is 2. The van der Waals surface area contributed by atoms with Crippen LogP contribution >= 0.6 is 0 Å². The highest BCUT2D eigenvalue weighted by Crippen LogP contribution is 2.39. The number of H-pyrrole nitrogens is 1. The summed E-state index contributed by atoms with van der Waals surface area (Å²) in [4.78, 5) is 18.5. The van der Waals surface area contributed by atoms with E-state index in [0.717, 1.165) is 6.33 Å². The number of fused-ring (bicyclic) bond motifs is 1. The molecule has 1 aliphatic rings. The Labute approximate surface area is 134 Å². The molecule has 2 aromatic heterocycles. The van der Waals surface area contributed by atoms with E-state index >= 15 is 0 Å². The summed E-state index contributed by atoms with van der Waals surface area (Å²) in [5.41, 5.74) is 3.49. The number of aromatic nitrogens is 3. The molecule has 11 heteroatoms. The summed E-state index contributed by atoms with van der Waals surface area (Å²) in [6, 6.07) is 0. The molecule has 1 fully saturated rings. The van der Waals surface area contributed by atoms with Crippen LogP contribution in [0.4, 0.5) is 0 Å². The monoisotopic (exact) mass is 339 g/mol. The third-order valence-corrected chi connectivity index (χ3v) is 4.19. The number of nitrogens with zero attached hydrogens (tertiary/aromatic N) is 3. The lowest BCUT2D eigenvalue weighted by Gasteiger charge is -2.27. The van der Waals surface area contributed by atoms with Crippen molar-refractivity contribution in [2.75, 3.05) is 6.61 Å². The minimum absolute atomic E-state index is 0.0362. The topological polar surface area (TPSA) is 179 Å². The van der Waals surface area contributed by atoms with Gasteiger partial charge in [0.25, 0.3) is 5.56 Å². The third kappa shape index (κ3) is 2.17. The van der Waals surface area contributed by atoms with Gasteiger partial charge in [0.1, 0.15) is 23.5 Å². The number of rotatable bonds is 3.